The standard InChI is InChI=1S/H2O3S.O2S/c1-4(2)3;1-3-2/h(H2,1,2,3);. The second-order valence-electron chi connectivity index (χ2n) is 0.299. The van der Waals surface area contributed by atoms with Gasteiger partial charge < -0.3 is 0 Å². The summed E-state index contributed by atoms with van der Waals surface area (Å²) in [6, 6.07) is 0. The summed E-state index contributed by atoms with van der Waals surface area (Å²) >= 11 is -3.36. The molecule has 0 spiro atoms. The number of hydrogen-bond acceptors (Lipinski definition) is 3. The lowest BCUT2D eigenvalue weighted by Gasteiger charge is -1.59. The number of rotatable bonds is 0. The summed E-state index contributed by atoms with van der Waals surface area (Å²) < 4.78 is 39.4. The van der Waals surface area contributed by atoms with E-state index in [0.717, 1.165) is 0 Å². The van der Waals surface area contributed by atoms with Gasteiger partial charge in [0.1, 0.15) is 0 Å². The second kappa shape index (κ2) is 9.31. The van der Waals surface area contributed by atoms with Crippen molar-refractivity contribution in [2.75, 3.05) is 0 Å². The Morgan fingerprint density at radius 2 is 1.29 bits per heavy atom. The van der Waals surface area contributed by atoms with Gasteiger partial charge >= 0.3 is 11.6 Å². The molecule has 0 aromatic rings. The zero-order valence-corrected chi connectivity index (χ0v) is 4.57. The Morgan fingerprint density at radius 3 is 1.29 bits per heavy atom. The largest absolute Gasteiger partial charge is 0.335 e. The van der Waals surface area contributed by atoms with Crippen molar-refractivity contribution in [2.24, 2.45) is 0 Å². The van der Waals surface area contributed by atoms with E-state index in [4.69, 9.17) is 21.7 Å². The lowest BCUT2D eigenvalue weighted by Crippen LogP contribution is -1.74. The van der Waals surface area contributed by atoms with Crippen LogP contribution in [-0.4, -0.2) is 21.7 Å². The van der Waals surface area contributed by atoms with Gasteiger partial charge in [-0.25, -0.2) is 0 Å². The van der Waals surface area contributed by atoms with E-state index in [1.165, 1.54) is 0 Å². The van der Waals surface area contributed by atoms with Crippen LogP contribution in [0.5, 0.6) is 0 Å². The summed E-state index contributed by atoms with van der Waals surface area (Å²) in [5.41, 5.74) is 0. The van der Waals surface area contributed by atoms with Gasteiger partial charge in [-0.3, -0.25) is 9.11 Å². The van der Waals surface area contributed by atoms with Crippen molar-refractivity contribution in [2.45, 2.75) is 0 Å². The smallest absolute Gasteiger partial charge is 0.284 e. The lowest BCUT2D eigenvalue weighted by atomic mass is 15.8. The fourth-order valence-corrected chi connectivity index (χ4v) is 0. The molecule has 0 aliphatic carbocycles. The van der Waals surface area contributed by atoms with Gasteiger partial charge in [0, 0.05) is 0 Å². The molecule has 0 radical (unpaired) electrons. The molecule has 2 N–H and O–H groups in total. The molecule has 0 amide bonds. The molecule has 7 heavy (non-hydrogen) atoms. The van der Waals surface area contributed by atoms with Gasteiger partial charge in [-0.1, -0.05) is 0 Å². The highest BCUT2D eigenvalue weighted by atomic mass is 32.2. The molecule has 7 heteroatoms. The van der Waals surface area contributed by atoms with E-state index < -0.39 is 22.9 Å². The van der Waals surface area contributed by atoms with Crippen LogP contribution in [0.2, 0.25) is 0 Å². The predicted molar refractivity (Wildman–Crippen MR) is 22.3 cm³/mol. The fourth-order valence-electron chi connectivity index (χ4n) is 0. The third-order valence-electron chi connectivity index (χ3n) is 0. The van der Waals surface area contributed by atoms with E-state index in [1.54, 1.807) is 0 Å². The third kappa shape index (κ3) is 7370. The minimum absolute atomic E-state index is 0.750. The van der Waals surface area contributed by atoms with Gasteiger partial charge in [-0.2, -0.15) is 12.6 Å². The molecular formula is H2O5S2. The van der Waals surface area contributed by atoms with Crippen molar-refractivity contribution in [3.63, 3.8) is 0 Å². The first-order valence-corrected chi connectivity index (χ1v) is 2.60. The molecule has 0 rings (SSSR count). The fraction of sp³-hybridized carbons (Fsp3) is 0. The van der Waals surface area contributed by atoms with Gasteiger partial charge in [-0.05, 0) is 0 Å². The van der Waals surface area contributed by atoms with Crippen molar-refractivity contribution in [1.29, 1.82) is 0 Å². The average molecular weight is 146 g/mol. The van der Waals surface area contributed by atoms with E-state index in [-0.39, 0.29) is 0 Å². The normalized spacial score (nSPS) is 6.71. The Kier molecular flexibility index (Phi) is 13.3. The molecule has 0 saturated carbocycles. The summed E-state index contributed by atoms with van der Waals surface area (Å²) in [5.74, 6) is 0. The van der Waals surface area contributed by atoms with Crippen molar-refractivity contribution in [3.8, 4) is 0 Å². The first-order chi connectivity index (χ1) is 3.15. The minimum Gasteiger partial charge on any atom is -0.284 e. The monoisotopic (exact) mass is 146 g/mol. The molecule has 5 nitrogen and oxygen atoms in total. The van der Waals surface area contributed by atoms with Crippen LogP contribution in [0, 0.1) is 0 Å². The van der Waals surface area contributed by atoms with Crippen molar-refractivity contribution < 1.29 is 21.7 Å². The van der Waals surface area contributed by atoms with Crippen molar-refractivity contribution in [3.05, 3.63) is 0 Å². The molecule has 0 saturated heterocycles. The Hall–Kier alpha value is -0.110. The van der Waals surface area contributed by atoms with Crippen molar-refractivity contribution >= 4 is 22.9 Å². The molecule has 0 unspecified atom stereocenters. The topological polar surface area (TPSA) is 91.7 Å². The van der Waals surface area contributed by atoms with E-state index in [0.29, 0.717) is 0 Å². The Labute approximate surface area is 45.5 Å². The highest BCUT2D eigenvalue weighted by Gasteiger charge is 1.62. The van der Waals surface area contributed by atoms with E-state index in [9.17, 15) is 0 Å². The SMILES string of the molecule is O=S(O)O.O=S=O. The number of hydrogen-bond donors (Lipinski definition) is 2. The van der Waals surface area contributed by atoms with Gasteiger partial charge in [0.05, 0.1) is 0 Å². The summed E-state index contributed by atoms with van der Waals surface area (Å²) in [5, 5.41) is 0. The molecule has 0 bridgehead atoms. The molecule has 0 aromatic carbocycles. The van der Waals surface area contributed by atoms with Gasteiger partial charge in [-0.15, -0.1) is 0 Å². The van der Waals surface area contributed by atoms with Crippen LogP contribution in [0.15, 0.2) is 0 Å². The molecule has 0 heterocycles. The van der Waals surface area contributed by atoms with Crippen LogP contribution < -0.4 is 0 Å². The minimum atomic E-state index is -2.61. The Morgan fingerprint density at radius 1 is 1.29 bits per heavy atom. The van der Waals surface area contributed by atoms with Crippen LogP contribution in [0.25, 0.3) is 0 Å². The first kappa shape index (κ1) is 10.00. The first-order valence-electron chi connectivity index (χ1n) is 0.865. The van der Waals surface area contributed by atoms with E-state index in [2.05, 4.69) is 0 Å². The Balaban J connectivity index is 0. The van der Waals surface area contributed by atoms with Crippen LogP contribution in [0.4, 0.5) is 0 Å². The summed E-state index contributed by atoms with van der Waals surface area (Å²) in [7, 11) is 0. The molecular weight excluding hydrogens is 144 g/mol. The maximum absolute atomic E-state index is 8.67. The molecule has 0 fully saturated rings. The van der Waals surface area contributed by atoms with Crippen LogP contribution in [0.3, 0.4) is 0 Å². The maximum atomic E-state index is 8.67. The third-order valence-corrected chi connectivity index (χ3v) is 0. The molecule has 44 valence electrons. The highest BCUT2D eigenvalue weighted by Crippen LogP contribution is 1.44. The predicted octanol–water partition coefficient (Wildman–Crippen LogP) is -0.989. The lowest BCUT2D eigenvalue weighted by molar-refractivity contribution is 0.454. The molecule has 0 aliphatic rings. The van der Waals surface area contributed by atoms with Crippen molar-refractivity contribution in [1.82, 2.24) is 0 Å². The quantitative estimate of drug-likeness (QED) is 0.428. The summed E-state index contributed by atoms with van der Waals surface area (Å²) in [4.78, 5) is 0. The van der Waals surface area contributed by atoms with Gasteiger partial charge in [0.15, 0.2) is 0 Å². The van der Waals surface area contributed by atoms with E-state index >= 15 is 0 Å². The van der Waals surface area contributed by atoms with Crippen LogP contribution in [-0.2, 0) is 22.9 Å². The summed E-state index contributed by atoms with van der Waals surface area (Å²) in [6.07, 6.45) is 0. The molecule has 0 atom stereocenters. The summed E-state index contributed by atoms with van der Waals surface area (Å²) in [6.45, 7) is 0. The Bertz CT molecular complexity index is 74.1. The molecule has 0 aromatic heterocycles. The zero-order chi connectivity index (χ0) is 6.28. The zero-order valence-electron chi connectivity index (χ0n) is 2.94. The highest BCUT2D eigenvalue weighted by molar-refractivity contribution is 7.73. The van der Waals surface area contributed by atoms with Crippen LogP contribution >= 0.6 is 0 Å². The second-order valence-corrected chi connectivity index (χ2v) is 0.896. The van der Waals surface area contributed by atoms with E-state index in [1.807, 2.05) is 0 Å². The van der Waals surface area contributed by atoms with Crippen LogP contribution in [0.1, 0.15) is 0 Å². The molecule has 0 aliphatic heterocycles. The van der Waals surface area contributed by atoms with Gasteiger partial charge in [0.25, 0.3) is 11.4 Å². The van der Waals surface area contributed by atoms with Gasteiger partial charge in [0.2, 0.25) is 0 Å². The average Bonchev–Trinajstić information content (AvgIpc) is 1.33. The maximum Gasteiger partial charge on any atom is 0.335 e.